The molecule has 0 aliphatic rings. The van der Waals surface area contributed by atoms with Gasteiger partial charge in [0.2, 0.25) is 0 Å². The van der Waals surface area contributed by atoms with E-state index in [4.69, 9.17) is 0 Å². The molecule has 0 saturated heterocycles. The van der Waals surface area contributed by atoms with E-state index in [1.807, 2.05) is 0 Å². The zero-order valence-corrected chi connectivity index (χ0v) is 27.7. The number of hydrogen-bond donors (Lipinski definition) is 0. The minimum absolute atomic E-state index is 0.0408. The number of benzene rings is 3. The second-order valence-electron chi connectivity index (χ2n) is 13.5. The van der Waals surface area contributed by atoms with Crippen LogP contribution in [0.25, 0.3) is 0 Å². The van der Waals surface area contributed by atoms with E-state index in [1.54, 1.807) is 0 Å². The van der Waals surface area contributed by atoms with E-state index in [-0.39, 0.29) is 16.2 Å². The molecule has 0 aliphatic carbocycles. The van der Waals surface area contributed by atoms with Crippen LogP contribution in [-0.2, 0) is 22.7 Å². The van der Waals surface area contributed by atoms with Gasteiger partial charge in [-0.3, -0.25) is 0 Å². The Labute approximate surface area is 243 Å². The van der Waals surface area contributed by atoms with Crippen LogP contribution >= 0.6 is 31.9 Å². The quantitative estimate of drug-likeness (QED) is 0.263. The van der Waals surface area contributed by atoms with Gasteiger partial charge in [-0.05, 0) is 93.8 Å². The van der Waals surface area contributed by atoms with Crippen LogP contribution in [-0.4, -0.2) is 0 Å². The fourth-order valence-electron chi connectivity index (χ4n) is 4.48. The van der Waals surface area contributed by atoms with E-state index in [0.717, 1.165) is 21.1 Å². The van der Waals surface area contributed by atoms with Gasteiger partial charge in [0.05, 0.1) is 0 Å². The van der Waals surface area contributed by atoms with Crippen molar-refractivity contribution >= 4 is 48.9 Å². The molecule has 0 radical (unpaired) electrons. The van der Waals surface area contributed by atoms with Crippen LogP contribution in [0.2, 0.25) is 0 Å². The minimum Gasteiger partial charge on any atom is -0.310 e. The van der Waals surface area contributed by atoms with Crippen LogP contribution in [0.15, 0.2) is 63.5 Å². The molecule has 0 amide bonds. The first-order valence-corrected chi connectivity index (χ1v) is 15.1. The Hall–Kier alpha value is -1.58. The minimum atomic E-state index is 0.0408. The normalized spacial score (nSPS) is 12.6. The Bertz CT molecular complexity index is 1180. The lowest BCUT2D eigenvalue weighted by Crippen LogP contribution is -2.20. The van der Waals surface area contributed by atoms with Crippen molar-refractivity contribution in [1.82, 2.24) is 0 Å². The Balaban J connectivity index is 2.40. The lowest BCUT2D eigenvalue weighted by Gasteiger charge is -2.32. The summed E-state index contributed by atoms with van der Waals surface area (Å²) in [5.41, 5.74) is 9.19. The predicted molar refractivity (Wildman–Crippen MR) is 171 cm³/mol. The van der Waals surface area contributed by atoms with Crippen molar-refractivity contribution in [1.29, 1.82) is 0 Å². The van der Waals surface area contributed by atoms with Crippen molar-refractivity contribution in [3.8, 4) is 0 Å². The maximum Gasteiger partial charge on any atom is 0.0484 e. The molecule has 0 spiro atoms. The summed E-state index contributed by atoms with van der Waals surface area (Å²) in [6, 6.07) is 20.9. The first-order valence-electron chi connectivity index (χ1n) is 13.6. The molecule has 0 aromatic heterocycles. The average molecular weight is 628 g/mol. The molecule has 0 heterocycles. The first kappa shape index (κ1) is 30.0. The van der Waals surface area contributed by atoms with Gasteiger partial charge in [-0.2, -0.15) is 0 Å². The van der Waals surface area contributed by atoms with Crippen LogP contribution in [0.5, 0.6) is 0 Å². The molecule has 200 valence electrons. The maximum atomic E-state index is 3.76. The molecule has 3 rings (SSSR count). The smallest absolute Gasteiger partial charge is 0.0484 e. The summed E-state index contributed by atoms with van der Waals surface area (Å²) < 4.78 is 2.12. The number of unbranched alkanes of at least 4 members (excludes halogenated alkanes) is 1. The van der Waals surface area contributed by atoms with Gasteiger partial charge in [-0.15, -0.1) is 0 Å². The summed E-state index contributed by atoms with van der Waals surface area (Å²) in [7, 11) is 0. The van der Waals surface area contributed by atoms with Crippen LogP contribution in [0.4, 0.5) is 17.1 Å². The van der Waals surface area contributed by atoms with E-state index in [0.29, 0.717) is 0 Å². The molecule has 0 aliphatic heterocycles. The second kappa shape index (κ2) is 11.3. The molecule has 3 heteroatoms. The monoisotopic (exact) mass is 625 g/mol. The van der Waals surface area contributed by atoms with Gasteiger partial charge < -0.3 is 4.90 Å². The van der Waals surface area contributed by atoms with Crippen LogP contribution in [0.3, 0.4) is 0 Å². The van der Waals surface area contributed by atoms with Gasteiger partial charge in [0.25, 0.3) is 0 Å². The van der Waals surface area contributed by atoms with E-state index < -0.39 is 0 Å². The van der Waals surface area contributed by atoms with Gasteiger partial charge in [0.15, 0.2) is 0 Å². The van der Waals surface area contributed by atoms with Gasteiger partial charge in [-0.25, -0.2) is 0 Å². The third-order valence-electron chi connectivity index (χ3n) is 6.93. The van der Waals surface area contributed by atoms with Crippen LogP contribution in [0, 0.1) is 0 Å². The van der Waals surface area contributed by atoms with Crippen molar-refractivity contribution in [2.24, 2.45) is 0 Å². The highest BCUT2D eigenvalue weighted by molar-refractivity contribution is 9.11. The molecule has 3 aromatic carbocycles. The Morgan fingerprint density at radius 1 is 0.541 bits per heavy atom. The molecular formula is C34H45Br2N. The largest absolute Gasteiger partial charge is 0.310 e. The SMILES string of the molecule is CCCCc1cc(N(c2cc(Br)cc(Br)c2)c2cc(C(C)(C)C)cc(C(C)(C)C)c2)cc(C(C)(C)C)c1. The van der Waals surface area contributed by atoms with Crippen molar-refractivity contribution in [3.05, 3.63) is 85.8 Å². The Morgan fingerprint density at radius 2 is 0.946 bits per heavy atom. The Morgan fingerprint density at radius 3 is 1.38 bits per heavy atom. The lowest BCUT2D eigenvalue weighted by molar-refractivity contribution is 0.569. The van der Waals surface area contributed by atoms with Gasteiger partial charge in [0.1, 0.15) is 0 Å². The molecule has 0 unspecified atom stereocenters. The fraction of sp³-hybridized carbons (Fsp3) is 0.471. The van der Waals surface area contributed by atoms with Crippen molar-refractivity contribution in [2.45, 2.75) is 105 Å². The highest BCUT2D eigenvalue weighted by Gasteiger charge is 2.25. The molecule has 37 heavy (non-hydrogen) atoms. The summed E-state index contributed by atoms with van der Waals surface area (Å²) >= 11 is 7.51. The molecule has 0 atom stereocenters. The standard InChI is InChI=1S/C34H45Br2N/c1-11-12-13-23-14-24(32(2,3)4)17-29(15-23)37(31-21-27(35)20-28(36)22-31)30-18-25(33(5,6)7)16-26(19-30)34(8,9)10/h14-22H,11-13H2,1-10H3. The molecule has 0 N–H and O–H groups in total. The summed E-state index contributed by atoms with van der Waals surface area (Å²) in [6.45, 7) is 23.1. The predicted octanol–water partition coefficient (Wildman–Crippen LogP) is 11.9. The summed E-state index contributed by atoms with van der Waals surface area (Å²) in [5.74, 6) is 0. The molecule has 0 fully saturated rings. The summed E-state index contributed by atoms with van der Waals surface area (Å²) in [5, 5.41) is 0. The molecule has 1 nitrogen and oxygen atoms in total. The summed E-state index contributed by atoms with van der Waals surface area (Å²) in [6.07, 6.45) is 3.49. The van der Waals surface area contributed by atoms with E-state index in [9.17, 15) is 0 Å². The number of anilines is 3. The van der Waals surface area contributed by atoms with E-state index in [2.05, 4.69) is 161 Å². The highest BCUT2D eigenvalue weighted by Crippen LogP contribution is 2.43. The van der Waals surface area contributed by atoms with Gasteiger partial charge in [0, 0.05) is 26.0 Å². The van der Waals surface area contributed by atoms with Crippen molar-refractivity contribution in [2.75, 3.05) is 4.90 Å². The summed E-state index contributed by atoms with van der Waals surface area (Å²) in [4.78, 5) is 2.45. The van der Waals surface area contributed by atoms with E-state index in [1.165, 1.54) is 46.5 Å². The number of hydrogen-bond acceptors (Lipinski definition) is 1. The van der Waals surface area contributed by atoms with Crippen LogP contribution in [0.1, 0.15) is 104 Å². The molecule has 3 aromatic rings. The topological polar surface area (TPSA) is 3.24 Å². The Kier molecular flexibility index (Phi) is 9.12. The molecule has 0 saturated carbocycles. The van der Waals surface area contributed by atoms with Crippen LogP contribution < -0.4 is 4.90 Å². The second-order valence-corrected chi connectivity index (χ2v) is 15.3. The zero-order valence-electron chi connectivity index (χ0n) is 24.5. The van der Waals surface area contributed by atoms with Crippen molar-refractivity contribution in [3.63, 3.8) is 0 Å². The van der Waals surface area contributed by atoms with Crippen molar-refractivity contribution < 1.29 is 0 Å². The van der Waals surface area contributed by atoms with Gasteiger partial charge in [-0.1, -0.05) is 120 Å². The number of halogens is 2. The maximum absolute atomic E-state index is 3.76. The zero-order chi connectivity index (χ0) is 27.8. The lowest BCUT2D eigenvalue weighted by atomic mass is 9.80. The van der Waals surface area contributed by atoms with Gasteiger partial charge >= 0.3 is 0 Å². The molecule has 0 bridgehead atoms. The third-order valence-corrected chi connectivity index (χ3v) is 7.85. The average Bonchev–Trinajstić information content (AvgIpc) is 2.75. The van der Waals surface area contributed by atoms with E-state index >= 15 is 0 Å². The molecular weight excluding hydrogens is 582 g/mol. The number of aryl methyl sites for hydroxylation is 1. The highest BCUT2D eigenvalue weighted by atomic mass is 79.9. The third kappa shape index (κ3) is 7.73. The number of rotatable bonds is 6. The first-order chi connectivity index (χ1) is 17.0. The number of nitrogens with zero attached hydrogens (tertiary/aromatic N) is 1. The fourth-order valence-corrected chi connectivity index (χ4v) is 5.75.